The van der Waals surface area contributed by atoms with Crippen LogP contribution in [0.25, 0.3) is 11.0 Å². The van der Waals surface area contributed by atoms with Crippen molar-refractivity contribution in [2.24, 2.45) is 0 Å². The molecule has 0 radical (unpaired) electrons. The van der Waals surface area contributed by atoms with E-state index >= 15 is 0 Å². The number of nitrogens with zero attached hydrogens (tertiary/aromatic N) is 1. The predicted molar refractivity (Wildman–Crippen MR) is 66.8 cm³/mol. The summed E-state index contributed by atoms with van der Waals surface area (Å²) in [5.74, 6) is 0.409. The summed E-state index contributed by atoms with van der Waals surface area (Å²) in [7, 11) is 0. The zero-order chi connectivity index (χ0) is 13.3. The molecule has 0 saturated heterocycles. The summed E-state index contributed by atoms with van der Waals surface area (Å²) < 4.78 is 5.40. The highest BCUT2D eigenvalue weighted by Crippen LogP contribution is 2.33. The number of furan rings is 1. The first-order valence-corrected chi connectivity index (χ1v) is 5.76. The maximum atomic E-state index is 12.0. The van der Waals surface area contributed by atoms with Gasteiger partial charge >= 0.3 is 5.69 Å². The number of carbonyl (C=O) groups is 1. The largest absolute Gasteiger partial charge is 0.453 e. The van der Waals surface area contributed by atoms with Gasteiger partial charge in [-0.1, -0.05) is 13.0 Å². The lowest BCUT2D eigenvalue weighted by atomic mass is 10.0. The third-order valence-electron chi connectivity index (χ3n) is 2.82. The van der Waals surface area contributed by atoms with E-state index in [9.17, 15) is 14.9 Å². The van der Waals surface area contributed by atoms with Crippen molar-refractivity contribution in [1.29, 1.82) is 0 Å². The van der Waals surface area contributed by atoms with Gasteiger partial charge in [0.15, 0.2) is 5.78 Å². The minimum Gasteiger partial charge on any atom is -0.453 e. The Bertz CT molecular complexity index is 627. The number of benzene rings is 1. The highest BCUT2D eigenvalue weighted by molar-refractivity contribution is 6.09. The number of aryl methyl sites for hydroxylation is 1. The molecule has 5 nitrogen and oxygen atoms in total. The summed E-state index contributed by atoms with van der Waals surface area (Å²) in [5.41, 5.74) is 0.543. The van der Waals surface area contributed by atoms with Crippen LogP contribution in [-0.4, -0.2) is 10.7 Å². The molecule has 2 aromatic rings. The molecule has 1 heterocycles. The highest BCUT2D eigenvalue weighted by atomic mass is 16.6. The zero-order valence-corrected chi connectivity index (χ0v) is 10.2. The number of Topliss-reactive ketones (excluding diaryl/α,β-unsaturated/α-hetero) is 1. The number of nitro groups is 1. The lowest BCUT2D eigenvalue weighted by Crippen LogP contribution is -1.98. The number of carbonyl (C=O) groups excluding carboxylic acids is 1. The summed E-state index contributed by atoms with van der Waals surface area (Å²) in [6.45, 7) is 3.57. The number of ketones is 1. The average Bonchev–Trinajstić information content (AvgIpc) is 2.64. The van der Waals surface area contributed by atoms with E-state index in [2.05, 4.69) is 0 Å². The van der Waals surface area contributed by atoms with E-state index in [0.717, 1.165) is 6.42 Å². The first-order chi connectivity index (χ1) is 8.56. The van der Waals surface area contributed by atoms with Crippen molar-refractivity contribution in [3.63, 3.8) is 0 Å². The fourth-order valence-electron chi connectivity index (χ4n) is 2.07. The van der Waals surface area contributed by atoms with Crippen LogP contribution in [0.3, 0.4) is 0 Å². The first kappa shape index (κ1) is 12.3. The second-order valence-electron chi connectivity index (χ2n) is 4.12. The Morgan fingerprint density at radius 2 is 2.17 bits per heavy atom. The molecule has 0 unspecified atom stereocenters. The van der Waals surface area contributed by atoms with Gasteiger partial charge in [-0.3, -0.25) is 14.9 Å². The smallest absolute Gasteiger partial charge is 0.312 e. The van der Waals surface area contributed by atoms with Gasteiger partial charge in [0.1, 0.15) is 5.76 Å². The molecule has 0 N–H and O–H groups in total. The molecule has 2 rings (SSSR count). The Hall–Kier alpha value is -2.17. The van der Waals surface area contributed by atoms with E-state index in [1.807, 2.05) is 6.92 Å². The quantitative estimate of drug-likeness (QED) is 0.469. The number of rotatable bonds is 4. The third kappa shape index (κ3) is 1.88. The normalized spacial score (nSPS) is 10.8. The maximum absolute atomic E-state index is 12.0. The maximum Gasteiger partial charge on any atom is 0.312 e. The van der Waals surface area contributed by atoms with Crippen LogP contribution in [0.5, 0.6) is 0 Å². The van der Waals surface area contributed by atoms with Crippen LogP contribution < -0.4 is 0 Å². The van der Waals surface area contributed by atoms with Gasteiger partial charge in [-0.25, -0.2) is 0 Å². The molecule has 1 aromatic heterocycles. The first-order valence-electron chi connectivity index (χ1n) is 5.76. The van der Waals surface area contributed by atoms with Gasteiger partial charge in [0, 0.05) is 17.9 Å². The number of nitro benzene ring substituents is 1. The summed E-state index contributed by atoms with van der Waals surface area (Å²) in [6.07, 6.45) is 1.15. The molecular formula is C13H13NO4. The van der Waals surface area contributed by atoms with Crippen LogP contribution >= 0.6 is 0 Å². The topological polar surface area (TPSA) is 73.3 Å². The highest BCUT2D eigenvalue weighted by Gasteiger charge is 2.23. The lowest BCUT2D eigenvalue weighted by Gasteiger charge is -1.97. The van der Waals surface area contributed by atoms with Crippen LogP contribution in [0.15, 0.2) is 22.6 Å². The SMILES string of the molecule is CCCC(=O)c1c(C)oc2c([N+](=O)[O-])cccc12. The molecule has 0 fully saturated rings. The fraction of sp³-hybridized carbons (Fsp3) is 0.308. The summed E-state index contributed by atoms with van der Waals surface area (Å²) in [6, 6.07) is 4.62. The molecule has 1 aromatic carbocycles. The van der Waals surface area contributed by atoms with Crippen molar-refractivity contribution in [2.45, 2.75) is 26.7 Å². The minimum absolute atomic E-state index is 0.0331. The van der Waals surface area contributed by atoms with Crippen LogP contribution in [-0.2, 0) is 0 Å². The Morgan fingerprint density at radius 3 is 2.78 bits per heavy atom. The van der Waals surface area contributed by atoms with E-state index in [1.165, 1.54) is 6.07 Å². The van der Waals surface area contributed by atoms with Gasteiger partial charge in [0.2, 0.25) is 5.58 Å². The van der Waals surface area contributed by atoms with E-state index < -0.39 is 4.92 Å². The van der Waals surface area contributed by atoms with Gasteiger partial charge in [0.05, 0.1) is 10.5 Å². The van der Waals surface area contributed by atoms with Crippen molar-refractivity contribution >= 4 is 22.4 Å². The van der Waals surface area contributed by atoms with Crippen molar-refractivity contribution in [3.8, 4) is 0 Å². The number of para-hydroxylation sites is 1. The standard InChI is InChI=1S/C13H13NO4/c1-3-5-11(15)12-8(2)18-13-9(12)6-4-7-10(13)14(16)17/h4,6-7H,3,5H2,1-2H3. The van der Waals surface area contributed by atoms with Crippen molar-refractivity contribution in [3.05, 3.63) is 39.6 Å². The molecule has 0 bridgehead atoms. The van der Waals surface area contributed by atoms with E-state index in [-0.39, 0.29) is 17.1 Å². The van der Waals surface area contributed by atoms with E-state index in [4.69, 9.17) is 4.42 Å². The average molecular weight is 247 g/mol. The van der Waals surface area contributed by atoms with Crippen molar-refractivity contribution in [2.75, 3.05) is 0 Å². The molecule has 0 amide bonds. The van der Waals surface area contributed by atoms with Crippen molar-refractivity contribution < 1.29 is 14.1 Å². The summed E-state index contributed by atoms with van der Waals surface area (Å²) in [5, 5.41) is 11.4. The second-order valence-corrected chi connectivity index (χ2v) is 4.12. The molecule has 0 aliphatic heterocycles. The monoisotopic (exact) mass is 247 g/mol. The van der Waals surface area contributed by atoms with Gasteiger partial charge in [0.25, 0.3) is 0 Å². The van der Waals surface area contributed by atoms with Gasteiger partial charge in [-0.2, -0.15) is 0 Å². The molecule has 0 aliphatic rings. The van der Waals surface area contributed by atoms with E-state index in [0.29, 0.717) is 23.1 Å². The minimum atomic E-state index is -0.501. The lowest BCUT2D eigenvalue weighted by molar-refractivity contribution is -0.383. The molecule has 94 valence electrons. The third-order valence-corrected chi connectivity index (χ3v) is 2.82. The molecule has 5 heteroatoms. The molecule has 18 heavy (non-hydrogen) atoms. The Morgan fingerprint density at radius 1 is 1.44 bits per heavy atom. The van der Waals surface area contributed by atoms with Crippen LogP contribution in [0.2, 0.25) is 0 Å². The van der Waals surface area contributed by atoms with Gasteiger partial charge < -0.3 is 4.42 Å². The fourth-order valence-corrected chi connectivity index (χ4v) is 2.07. The number of fused-ring (bicyclic) bond motifs is 1. The summed E-state index contributed by atoms with van der Waals surface area (Å²) >= 11 is 0. The molecule has 0 aliphatic carbocycles. The Labute approximate surface area is 104 Å². The Kier molecular flexibility index (Phi) is 3.14. The molecule has 0 spiro atoms. The molecule has 0 atom stereocenters. The zero-order valence-electron chi connectivity index (χ0n) is 10.2. The summed E-state index contributed by atoms with van der Waals surface area (Å²) in [4.78, 5) is 22.4. The van der Waals surface area contributed by atoms with Gasteiger partial charge in [-0.05, 0) is 19.4 Å². The number of non-ortho nitro benzene ring substituents is 1. The van der Waals surface area contributed by atoms with E-state index in [1.54, 1.807) is 19.1 Å². The van der Waals surface area contributed by atoms with Crippen LogP contribution in [0.4, 0.5) is 5.69 Å². The van der Waals surface area contributed by atoms with Crippen LogP contribution in [0, 0.1) is 17.0 Å². The van der Waals surface area contributed by atoms with Gasteiger partial charge in [-0.15, -0.1) is 0 Å². The predicted octanol–water partition coefficient (Wildman–Crippen LogP) is 3.63. The second kappa shape index (κ2) is 4.60. The number of hydrogen-bond acceptors (Lipinski definition) is 4. The molecule has 0 saturated carbocycles. The van der Waals surface area contributed by atoms with Crippen LogP contribution in [0.1, 0.15) is 35.9 Å². The Balaban J connectivity index is 2.69. The number of hydrogen-bond donors (Lipinski definition) is 0. The van der Waals surface area contributed by atoms with Crippen molar-refractivity contribution in [1.82, 2.24) is 0 Å². The molecular weight excluding hydrogens is 234 g/mol.